The number of carboxylic acids is 1. The molecule has 1 heterocycles. The third-order valence-corrected chi connectivity index (χ3v) is 4.13. The molecule has 14 heavy (non-hydrogen) atoms. The summed E-state index contributed by atoms with van der Waals surface area (Å²) in [7, 11) is 0. The number of thioether (sulfide) groups is 1. The highest BCUT2D eigenvalue weighted by molar-refractivity contribution is 8.00. The average molecular weight is 219 g/mol. The maximum Gasteiger partial charge on any atom is 0.304 e. The molecule has 1 fully saturated rings. The molecule has 1 rings (SSSR count). The van der Waals surface area contributed by atoms with Gasteiger partial charge in [-0.2, -0.15) is 11.8 Å². The third kappa shape index (κ3) is 3.15. The maximum absolute atomic E-state index is 10.6. The number of rotatable bonds is 6. The fourth-order valence-corrected chi connectivity index (χ4v) is 2.71. The van der Waals surface area contributed by atoms with Crippen molar-refractivity contribution in [2.24, 2.45) is 5.92 Å². The first-order valence-corrected chi connectivity index (χ1v) is 5.74. The quantitative estimate of drug-likeness (QED) is 0.594. The molecule has 0 amide bonds. The highest BCUT2D eigenvalue weighted by Gasteiger charge is 2.39. The Hall–Kier alpha value is -0.260. The van der Waals surface area contributed by atoms with Crippen LogP contribution in [0.5, 0.6) is 0 Å². The first-order chi connectivity index (χ1) is 6.58. The van der Waals surface area contributed by atoms with Crippen LogP contribution < -0.4 is 5.32 Å². The topological polar surface area (TPSA) is 69.6 Å². The van der Waals surface area contributed by atoms with Gasteiger partial charge in [0, 0.05) is 19.7 Å². The molecule has 1 saturated heterocycles. The summed E-state index contributed by atoms with van der Waals surface area (Å²) in [4.78, 5) is 10.6. The second-order valence-corrected chi connectivity index (χ2v) is 5.44. The Morgan fingerprint density at radius 3 is 2.64 bits per heavy atom. The van der Waals surface area contributed by atoms with Gasteiger partial charge < -0.3 is 15.5 Å². The van der Waals surface area contributed by atoms with Crippen LogP contribution in [0.4, 0.5) is 0 Å². The van der Waals surface area contributed by atoms with Gasteiger partial charge >= 0.3 is 5.97 Å². The van der Waals surface area contributed by atoms with Crippen LogP contribution >= 0.6 is 11.8 Å². The van der Waals surface area contributed by atoms with E-state index >= 15 is 0 Å². The highest BCUT2D eigenvalue weighted by Crippen LogP contribution is 2.34. The lowest BCUT2D eigenvalue weighted by Crippen LogP contribution is -2.58. The molecular formula is C9H17NO3S. The van der Waals surface area contributed by atoms with Crippen LogP contribution in [0, 0.1) is 5.92 Å². The molecule has 4 nitrogen and oxygen atoms in total. The van der Waals surface area contributed by atoms with Crippen LogP contribution in [0.1, 0.15) is 13.3 Å². The summed E-state index contributed by atoms with van der Waals surface area (Å²) in [6.45, 7) is 3.67. The van der Waals surface area contributed by atoms with Gasteiger partial charge in [-0.15, -0.1) is 0 Å². The van der Waals surface area contributed by atoms with Gasteiger partial charge in [-0.3, -0.25) is 4.79 Å². The van der Waals surface area contributed by atoms with Gasteiger partial charge in [0.25, 0.3) is 0 Å². The van der Waals surface area contributed by atoms with E-state index in [2.05, 4.69) is 5.32 Å². The van der Waals surface area contributed by atoms with E-state index in [4.69, 9.17) is 10.2 Å². The van der Waals surface area contributed by atoms with Crippen LogP contribution in [0.2, 0.25) is 0 Å². The zero-order valence-corrected chi connectivity index (χ0v) is 9.14. The van der Waals surface area contributed by atoms with Gasteiger partial charge in [-0.25, -0.2) is 0 Å². The summed E-state index contributed by atoms with van der Waals surface area (Å²) in [6.07, 6.45) is 0.211. The largest absolute Gasteiger partial charge is 0.481 e. The lowest BCUT2D eigenvalue weighted by molar-refractivity contribution is -0.138. The molecule has 0 bridgehead atoms. The number of hydrogen-bond donors (Lipinski definition) is 3. The number of hydrogen-bond acceptors (Lipinski definition) is 4. The zero-order chi connectivity index (χ0) is 10.6. The molecule has 0 aliphatic carbocycles. The minimum absolute atomic E-state index is 0.130. The normalized spacial score (nSPS) is 21.3. The minimum Gasteiger partial charge on any atom is -0.481 e. The van der Waals surface area contributed by atoms with E-state index in [-0.39, 0.29) is 23.7 Å². The second kappa shape index (κ2) is 5.00. The van der Waals surface area contributed by atoms with Crippen molar-refractivity contribution >= 4 is 17.7 Å². The van der Waals surface area contributed by atoms with Gasteiger partial charge in [0.2, 0.25) is 0 Å². The van der Waals surface area contributed by atoms with Gasteiger partial charge in [-0.1, -0.05) is 6.92 Å². The molecule has 0 aromatic heterocycles. The van der Waals surface area contributed by atoms with Crippen molar-refractivity contribution in [2.75, 3.05) is 25.4 Å². The summed E-state index contributed by atoms with van der Waals surface area (Å²) in [5.41, 5.74) is 0. The summed E-state index contributed by atoms with van der Waals surface area (Å²) in [5, 5.41) is 20.7. The number of aliphatic hydroxyl groups excluding tert-OH is 1. The Morgan fingerprint density at radius 2 is 2.29 bits per heavy atom. The van der Waals surface area contributed by atoms with Gasteiger partial charge in [0.1, 0.15) is 0 Å². The molecule has 5 heteroatoms. The van der Waals surface area contributed by atoms with Crippen LogP contribution in [0.25, 0.3) is 0 Å². The Balaban J connectivity index is 2.34. The molecular weight excluding hydrogens is 202 g/mol. The van der Waals surface area contributed by atoms with Crippen molar-refractivity contribution in [2.45, 2.75) is 18.1 Å². The van der Waals surface area contributed by atoms with E-state index in [1.165, 1.54) is 0 Å². The standard InChI is InChI=1S/C9H17NO3S/c1-7(3-11)4-14-9(2-8(12)13)5-10-6-9/h7,10-11H,2-6H2,1H3,(H,12,13). The smallest absolute Gasteiger partial charge is 0.304 e. The Labute approximate surface area is 88.1 Å². The number of carboxylic acid groups (broad SMARTS) is 1. The summed E-state index contributed by atoms with van der Waals surface area (Å²) < 4.78 is -0.130. The summed E-state index contributed by atoms with van der Waals surface area (Å²) >= 11 is 1.67. The van der Waals surface area contributed by atoms with E-state index in [1.807, 2.05) is 6.92 Å². The molecule has 0 spiro atoms. The summed E-state index contributed by atoms with van der Waals surface area (Å²) in [6, 6.07) is 0. The number of aliphatic carboxylic acids is 1. The van der Waals surface area contributed by atoms with E-state index in [1.54, 1.807) is 11.8 Å². The van der Waals surface area contributed by atoms with Crippen LogP contribution in [0.15, 0.2) is 0 Å². The molecule has 0 radical (unpaired) electrons. The van der Waals surface area contributed by atoms with Crippen LogP contribution in [-0.4, -0.2) is 46.4 Å². The zero-order valence-electron chi connectivity index (χ0n) is 8.32. The van der Waals surface area contributed by atoms with Gasteiger partial charge in [-0.05, 0) is 11.7 Å². The highest BCUT2D eigenvalue weighted by atomic mass is 32.2. The Bertz CT molecular complexity index is 206. The molecule has 1 aliphatic rings. The first kappa shape index (κ1) is 11.8. The SMILES string of the molecule is CC(CO)CSC1(CC(=O)O)CNC1. The first-order valence-electron chi connectivity index (χ1n) is 4.75. The van der Waals surface area contributed by atoms with Gasteiger partial charge in [0.15, 0.2) is 0 Å². The fraction of sp³-hybridized carbons (Fsp3) is 0.889. The molecule has 0 saturated carbocycles. The molecule has 82 valence electrons. The number of nitrogens with one attached hydrogen (secondary N) is 1. The third-order valence-electron chi connectivity index (χ3n) is 2.35. The second-order valence-electron chi connectivity index (χ2n) is 3.96. The van der Waals surface area contributed by atoms with Crippen molar-refractivity contribution in [1.29, 1.82) is 0 Å². The van der Waals surface area contributed by atoms with Crippen LogP contribution in [0.3, 0.4) is 0 Å². The average Bonchev–Trinajstić information content (AvgIpc) is 2.08. The fourth-order valence-electron chi connectivity index (χ4n) is 1.33. The van der Waals surface area contributed by atoms with Crippen LogP contribution in [-0.2, 0) is 4.79 Å². The molecule has 1 aliphatic heterocycles. The van der Waals surface area contributed by atoms with E-state index in [9.17, 15) is 4.79 Å². The molecule has 0 aromatic rings. The van der Waals surface area contributed by atoms with Crippen molar-refractivity contribution in [1.82, 2.24) is 5.32 Å². The predicted molar refractivity (Wildman–Crippen MR) is 56.6 cm³/mol. The van der Waals surface area contributed by atoms with E-state index in [0.717, 1.165) is 18.8 Å². The summed E-state index contributed by atoms with van der Waals surface area (Å²) in [5.74, 6) is 0.327. The minimum atomic E-state index is -0.740. The molecule has 0 aromatic carbocycles. The lowest BCUT2D eigenvalue weighted by Gasteiger charge is -2.41. The van der Waals surface area contributed by atoms with Crippen molar-refractivity contribution in [3.63, 3.8) is 0 Å². The number of carbonyl (C=O) groups is 1. The molecule has 1 unspecified atom stereocenters. The van der Waals surface area contributed by atoms with Crippen molar-refractivity contribution in [3.8, 4) is 0 Å². The van der Waals surface area contributed by atoms with Crippen molar-refractivity contribution in [3.05, 3.63) is 0 Å². The maximum atomic E-state index is 10.6. The van der Waals surface area contributed by atoms with Crippen molar-refractivity contribution < 1.29 is 15.0 Å². The van der Waals surface area contributed by atoms with Gasteiger partial charge in [0.05, 0.1) is 11.2 Å². The predicted octanol–water partition coefficient (Wildman–Crippen LogP) is 0.165. The lowest BCUT2D eigenvalue weighted by atomic mass is 9.98. The van der Waals surface area contributed by atoms with E-state index in [0.29, 0.717) is 0 Å². The Kier molecular flexibility index (Phi) is 4.22. The Morgan fingerprint density at radius 1 is 1.64 bits per heavy atom. The number of aliphatic hydroxyl groups is 1. The monoisotopic (exact) mass is 219 g/mol. The molecule has 3 N–H and O–H groups in total. The van der Waals surface area contributed by atoms with E-state index < -0.39 is 5.97 Å². The molecule has 1 atom stereocenters.